The van der Waals surface area contributed by atoms with Gasteiger partial charge in [-0.3, -0.25) is 0 Å². The molecule has 0 aliphatic carbocycles. The van der Waals surface area contributed by atoms with E-state index in [2.05, 4.69) is 15.1 Å². The van der Waals surface area contributed by atoms with E-state index in [1.165, 1.54) is 6.07 Å². The second-order valence-corrected chi connectivity index (χ2v) is 4.14. The molecular formula is C13H10F2N4. The zero-order valence-corrected chi connectivity index (χ0v) is 10.1. The number of halogens is 2. The number of alkyl halides is 2. The molecule has 0 unspecified atom stereocenters. The van der Waals surface area contributed by atoms with Crippen LogP contribution in [-0.2, 0) is 0 Å². The molecule has 0 amide bonds. The molecule has 0 aliphatic heterocycles. The maximum absolute atomic E-state index is 12.7. The van der Waals surface area contributed by atoms with Crippen LogP contribution in [0.1, 0.15) is 17.8 Å². The quantitative estimate of drug-likeness (QED) is 0.711. The molecule has 3 heterocycles. The molecule has 96 valence electrons. The van der Waals surface area contributed by atoms with Gasteiger partial charge in [-0.2, -0.15) is 5.10 Å². The summed E-state index contributed by atoms with van der Waals surface area (Å²) >= 11 is 0. The van der Waals surface area contributed by atoms with Gasteiger partial charge in [-0.1, -0.05) is 6.07 Å². The lowest BCUT2D eigenvalue weighted by molar-refractivity contribution is 0.146. The Kier molecular flexibility index (Phi) is 2.70. The van der Waals surface area contributed by atoms with Crippen molar-refractivity contribution in [2.45, 2.75) is 13.3 Å². The van der Waals surface area contributed by atoms with Gasteiger partial charge in [-0.15, -0.1) is 0 Å². The number of hydrogen-bond acceptors (Lipinski definition) is 3. The zero-order valence-electron chi connectivity index (χ0n) is 10.1. The summed E-state index contributed by atoms with van der Waals surface area (Å²) in [5.74, 6) is 0. The highest BCUT2D eigenvalue weighted by Gasteiger charge is 2.12. The van der Waals surface area contributed by atoms with Gasteiger partial charge in [0.2, 0.25) is 0 Å². The molecular weight excluding hydrogens is 250 g/mol. The number of rotatable bonds is 2. The third kappa shape index (κ3) is 2.05. The van der Waals surface area contributed by atoms with Crippen molar-refractivity contribution in [1.29, 1.82) is 0 Å². The predicted octanol–water partition coefficient (Wildman–Crippen LogP) is 3.04. The van der Waals surface area contributed by atoms with Gasteiger partial charge in [-0.25, -0.2) is 23.3 Å². The smallest absolute Gasteiger partial charge is 0.247 e. The van der Waals surface area contributed by atoms with Crippen molar-refractivity contribution in [2.24, 2.45) is 0 Å². The largest absolute Gasteiger partial charge is 0.280 e. The van der Waals surface area contributed by atoms with Crippen LogP contribution in [0.4, 0.5) is 8.78 Å². The summed E-state index contributed by atoms with van der Waals surface area (Å²) in [6.07, 6.45) is 0.787. The topological polar surface area (TPSA) is 43.1 Å². The second kappa shape index (κ2) is 4.38. The normalized spacial score (nSPS) is 11.4. The first-order chi connectivity index (χ1) is 9.15. The van der Waals surface area contributed by atoms with E-state index in [0.717, 1.165) is 5.69 Å². The van der Waals surface area contributed by atoms with Crippen LogP contribution in [0.3, 0.4) is 0 Å². The molecule has 0 spiro atoms. The lowest BCUT2D eigenvalue weighted by Crippen LogP contribution is -1.96. The van der Waals surface area contributed by atoms with E-state index >= 15 is 0 Å². The van der Waals surface area contributed by atoms with Gasteiger partial charge >= 0.3 is 0 Å². The Labute approximate surface area is 107 Å². The number of hydrogen-bond donors (Lipinski definition) is 0. The molecule has 0 fully saturated rings. The first-order valence-corrected chi connectivity index (χ1v) is 5.71. The van der Waals surface area contributed by atoms with Crippen molar-refractivity contribution in [2.75, 3.05) is 0 Å². The van der Waals surface area contributed by atoms with Crippen LogP contribution in [0.15, 0.2) is 36.7 Å². The summed E-state index contributed by atoms with van der Waals surface area (Å²) in [5, 5.41) is 4.12. The molecule has 0 N–H and O–H groups in total. The standard InChI is InChI=1S/C13H10F2N4/c1-8-7-19-13(17-8)9(5-6-16-19)10-3-2-4-11(18-10)12(14)15/h2-7,12H,1H3. The Morgan fingerprint density at radius 2 is 2.00 bits per heavy atom. The summed E-state index contributed by atoms with van der Waals surface area (Å²) < 4.78 is 27.0. The number of pyridine rings is 1. The van der Waals surface area contributed by atoms with Crippen molar-refractivity contribution in [1.82, 2.24) is 19.6 Å². The number of aryl methyl sites for hydroxylation is 1. The summed E-state index contributed by atoms with van der Waals surface area (Å²) in [6.45, 7) is 1.85. The van der Waals surface area contributed by atoms with Crippen molar-refractivity contribution in [3.05, 3.63) is 48.0 Å². The Morgan fingerprint density at radius 1 is 1.16 bits per heavy atom. The van der Waals surface area contributed by atoms with Gasteiger partial charge in [0.1, 0.15) is 5.69 Å². The minimum atomic E-state index is -2.58. The van der Waals surface area contributed by atoms with Crippen LogP contribution in [0.5, 0.6) is 0 Å². The molecule has 0 atom stereocenters. The minimum Gasteiger partial charge on any atom is -0.247 e. The van der Waals surface area contributed by atoms with E-state index in [1.807, 2.05) is 6.92 Å². The summed E-state index contributed by atoms with van der Waals surface area (Å²) in [5.41, 5.74) is 2.33. The maximum atomic E-state index is 12.7. The molecule has 3 rings (SSSR count). The van der Waals surface area contributed by atoms with Crippen LogP contribution in [0.2, 0.25) is 0 Å². The molecule has 3 aromatic rings. The molecule has 0 radical (unpaired) electrons. The van der Waals surface area contributed by atoms with Crippen LogP contribution in [0, 0.1) is 6.92 Å². The molecule has 0 aromatic carbocycles. The molecule has 6 heteroatoms. The van der Waals surface area contributed by atoms with Gasteiger partial charge in [0.05, 0.1) is 17.6 Å². The Morgan fingerprint density at radius 3 is 2.79 bits per heavy atom. The van der Waals surface area contributed by atoms with Crippen molar-refractivity contribution < 1.29 is 8.78 Å². The second-order valence-electron chi connectivity index (χ2n) is 4.14. The van der Waals surface area contributed by atoms with Crippen LogP contribution < -0.4 is 0 Å². The average molecular weight is 260 g/mol. The number of aromatic nitrogens is 4. The third-order valence-electron chi connectivity index (χ3n) is 2.75. The first kappa shape index (κ1) is 11.7. The molecule has 3 aromatic heterocycles. The van der Waals surface area contributed by atoms with E-state index in [9.17, 15) is 8.78 Å². The van der Waals surface area contributed by atoms with E-state index in [-0.39, 0.29) is 5.69 Å². The van der Waals surface area contributed by atoms with E-state index < -0.39 is 6.43 Å². The molecule has 19 heavy (non-hydrogen) atoms. The summed E-state index contributed by atoms with van der Waals surface area (Å²) in [6, 6.07) is 6.28. The predicted molar refractivity (Wildman–Crippen MR) is 65.9 cm³/mol. The minimum absolute atomic E-state index is 0.240. The highest BCUT2D eigenvalue weighted by molar-refractivity contribution is 5.74. The lowest BCUT2D eigenvalue weighted by atomic mass is 10.2. The highest BCUT2D eigenvalue weighted by Crippen LogP contribution is 2.24. The molecule has 0 aliphatic rings. The van der Waals surface area contributed by atoms with Crippen molar-refractivity contribution in [3.8, 4) is 11.3 Å². The Balaban J connectivity index is 2.21. The summed E-state index contributed by atoms with van der Waals surface area (Å²) in [7, 11) is 0. The number of imidazole rings is 1. The SMILES string of the molecule is Cc1cn2nccc(-c3cccc(C(F)F)n3)c2n1. The van der Waals surface area contributed by atoms with Gasteiger partial charge in [0.15, 0.2) is 5.65 Å². The lowest BCUT2D eigenvalue weighted by Gasteiger charge is -2.04. The Bertz CT molecular complexity index is 736. The fourth-order valence-electron chi connectivity index (χ4n) is 1.93. The molecule has 0 saturated heterocycles. The molecule has 0 saturated carbocycles. The summed E-state index contributed by atoms with van der Waals surface area (Å²) in [4.78, 5) is 8.31. The van der Waals surface area contributed by atoms with E-state index in [4.69, 9.17) is 0 Å². The molecule has 4 nitrogen and oxygen atoms in total. The Hall–Kier alpha value is -2.37. The van der Waals surface area contributed by atoms with Gasteiger partial charge in [-0.05, 0) is 25.1 Å². The average Bonchev–Trinajstić information content (AvgIpc) is 2.78. The van der Waals surface area contributed by atoms with Gasteiger partial charge < -0.3 is 0 Å². The molecule has 0 bridgehead atoms. The van der Waals surface area contributed by atoms with Crippen LogP contribution >= 0.6 is 0 Å². The van der Waals surface area contributed by atoms with Crippen LogP contribution in [0.25, 0.3) is 16.9 Å². The van der Waals surface area contributed by atoms with Crippen molar-refractivity contribution >= 4 is 5.65 Å². The third-order valence-corrected chi connectivity index (χ3v) is 2.75. The fraction of sp³-hybridized carbons (Fsp3) is 0.154. The number of fused-ring (bicyclic) bond motifs is 1. The fourth-order valence-corrected chi connectivity index (χ4v) is 1.93. The highest BCUT2D eigenvalue weighted by atomic mass is 19.3. The maximum Gasteiger partial charge on any atom is 0.280 e. The monoisotopic (exact) mass is 260 g/mol. The first-order valence-electron chi connectivity index (χ1n) is 5.71. The van der Waals surface area contributed by atoms with E-state index in [1.54, 1.807) is 35.1 Å². The van der Waals surface area contributed by atoms with Gasteiger partial charge in [0, 0.05) is 11.8 Å². The van der Waals surface area contributed by atoms with Crippen LogP contribution in [-0.4, -0.2) is 19.6 Å². The number of nitrogens with zero attached hydrogens (tertiary/aromatic N) is 4. The van der Waals surface area contributed by atoms with Crippen molar-refractivity contribution in [3.63, 3.8) is 0 Å². The zero-order chi connectivity index (χ0) is 13.4. The van der Waals surface area contributed by atoms with E-state index in [0.29, 0.717) is 16.9 Å². The van der Waals surface area contributed by atoms with Gasteiger partial charge in [0.25, 0.3) is 6.43 Å².